The predicted octanol–water partition coefficient (Wildman–Crippen LogP) is 3.97. The van der Waals surface area contributed by atoms with E-state index < -0.39 is 0 Å². The van der Waals surface area contributed by atoms with Gasteiger partial charge in [-0.05, 0) is 42.4 Å². The Morgan fingerprint density at radius 1 is 1.00 bits per heavy atom. The minimum Gasteiger partial charge on any atom is -0.330 e. The molecule has 2 rings (SSSR count). The van der Waals surface area contributed by atoms with Crippen LogP contribution in [-0.2, 0) is 18.3 Å². The van der Waals surface area contributed by atoms with Gasteiger partial charge in [-0.3, -0.25) is 0 Å². The second-order valence-electron chi connectivity index (χ2n) is 5.70. The van der Waals surface area contributed by atoms with E-state index in [2.05, 4.69) is 32.0 Å². The molecule has 1 aliphatic rings. The number of hydrogen-bond acceptors (Lipinski definition) is 1. The van der Waals surface area contributed by atoms with E-state index in [0.717, 1.165) is 19.4 Å². The van der Waals surface area contributed by atoms with Crippen LogP contribution in [0.25, 0.3) is 0 Å². The van der Waals surface area contributed by atoms with Gasteiger partial charge in [0.25, 0.3) is 0 Å². The van der Waals surface area contributed by atoms with Crippen LogP contribution >= 0.6 is 0 Å². The molecule has 1 heteroatoms. The summed E-state index contributed by atoms with van der Waals surface area (Å²) in [4.78, 5) is 0. The fourth-order valence-corrected chi connectivity index (χ4v) is 3.71. The van der Waals surface area contributed by atoms with Gasteiger partial charge < -0.3 is 5.73 Å². The highest BCUT2D eigenvalue weighted by atomic mass is 14.6. The first-order valence-electron chi connectivity index (χ1n) is 7.58. The lowest BCUT2D eigenvalue weighted by Gasteiger charge is -2.39. The predicted molar refractivity (Wildman–Crippen MR) is 79.0 cm³/mol. The summed E-state index contributed by atoms with van der Waals surface area (Å²) in [6.07, 6.45) is 8.91. The molecule has 0 radical (unpaired) electrons. The molecular formula is C17H27N. The normalized spacial score (nSPS) is 18.8. The number of benzene rings is 1. The summed E-state index contributed by atoms with van der Waals surface area (Å²) in [5.41, 5.74) is 11.2. The summed E-state index contributed by atoms with van der Waals surface area (Å²) in [7, 11) is 0. The van der Waals surface area contributed by atoms with E-state index in [4.69, 9.17) is 5.73 Å². The lowest BCUT2D eigenvalue weighted by Crippen LogP contribution is -2.39. The highest BCUT2D eigenvalue weighted by molar-refractivity contribution is 5.42. The Morgan fingerprint density at radius 2 is 1.56 bits per heavy atom. The van der Waals surface area contributed by atoms with Crippen LogP contribution in [0.5, 0.6) is 0 Å². The molecule has 18 heavy (non-hydrogen) atoms. The van der Waals surface area contributed by atoms with Crippen molar-refractivity contribution in [2.75, 3.05) is 6.54 Å². The van der Waals surface area contributed by atoms with Crippen molar-refractivity contribution in [2.45, 2.75) is 64.2 Å². The molecule has 0 amide bonds. The topological polar surface area (TPSA) is 26.0 Å². The van der Waals surface area contributed by atoms with Crippen LogP contribution in [-0.4, -0.2) is 6.54 Å². The average Bonchev–Trinajstić information content (AvgIpc) is 2.47. The molecule has 1 saturated carbocycles. The first-order chi connectivity index (χ1) is 8.77. The van der Waals surface area contributed by atoms with Gasteiger partial charge in [0.05, 0.1) is 0 Å². The molecule has 0 heterocycles. The molecule has 0 aliphatic heterocycles. The van der Waals surface area contributed by atoms with E-state index in [9.17, 15) is 0 Å². The lowest BCUT2D eigenvalue weighted by molar-refractivity contribution is 0.297. The van der Waals surface area contributed by atoms with Crippen LogP contribution in [0, 0.1) is 0 Å². The molecule has 0 unspecified atom stereocenters. The Balaban J connectivity index is 2.52. The maximum Gasteiger partial charge on any atom is 0.00810 e. The Hall–Kier alpha value is -0.820. The van der Waals surface area contributed by atoms with E-state index in [1.54, 1.807) is 5.56 Å². The maximum absolute atomic E-state index is 6.22. The van der Waals surface area contributed by atoms with Gasteiger partial charge in [-0.15, -0.1) is 0 Å². The molecule has 0 atom stereocenters. The average molecular weight is 245 g/mol. The van der Waals surface area contributed by atoms with Gasteiger partial charge in [0.15, 0.2) is 0 Å². The fourth-order valence-electron chi connectivity index (χ4n) is 3.71. The number of hydrogen-bond donors (Lipinski definition) is 1. The van der Waals surface area contributed by atoms with Crippen molar-refractivity contribution in [1.82, 2.24) is 0 Å². The van der Waals surface area contributed by atoms with Crippen LogP contribution in [0.4, 0.5) is 0 Å². The minimum absolute atomic E-state index is 0.274. The fraction of sp³-hybridized carbons (Fsp3) is 0.647. The lowest BCUT2D eigenvalue weighted by atomic mass is 9.66. The Labute approximate surface area is 112 Å². The second-order valence-corrected chi connectivity index (χ2v) is 5.70. The summed E-state index contributed by atoms with van der Waals surface area (Å²) >= 11 is 0. The molecule has 100 valence electrons. The monoisotopic (exact) mass is 245 g/mol. The molecule has 0 bridgehead atoms. The van der Waals surface area contributed by atoms with Crippen LogP contribution < -0.4 is 5.73 Å². The molecule has 1 aliphatic carbocycles. The Morgan fingerprint density at radius 3 is 2.00 bits per heavy atom. The third kappa shape index (κ3) is 2.33. The standard InChI is InChI=1S/C17H27N/c1-3-14-9-8-10-15(4-2)16(14)17(13-18)11-6-5-7-12-17/h8-10H,3-7,11-13,18H2,1-2H3. The van der Waals surface area contributed by atoms with E-state index >= 15 is 0 Å². The van der Waals surface area contributed by atoms with E-state index in [0.29, 0.717) is 0 Å². The summed E-state index contributed by atoms with van der Waals surface area (Å²) < 4.78 is 0. The highest BCUT2D eigenvalue weighted by Gasteiger charge is 2.35. The maximum atomic E-state index is 6.22. The van der Waals surface area contributed by atoms with Gasteiger partial charge in [0.1, 0.15) is 0 Å². The largest absolute Gasteiger partial charge is 0.330 e. The van der Waals surface area contributed by atoms with Gasteiger partial charge in [-0.2, -0.15) is 0 Å². The molecule has 1 aromatic rings. The minimum atomic E-state index is 0.274. The third-order valence-corrected chi connectivity index (χ3v) is 4.73. The zero-order chi connectivity index (χ0) is 13.0. The van der Waals surface area contributed by atoms with Crippen molar-refractivity contribution in [1.29, 1.82) is 0 Å². The first kappa shape index (κ1) is 13.6. The van der Waals surface area contributed by atoms with E-state index in [-0.39, 0.29) is 5.41 Å². The van der Waals surface area contributed by atoms with Crippen LogP contribution in [0.1, 0.15) is 62.6 Å². The van der Waals surface area contributed by atoms with Crippen LogP contribution in [0.15, 0.2) is 18.2 Å². The van der Waals surface area contributed by atoms with Crippen molar-refractivity contribution in [3.8, 4) is 0 Å². The van der Waals surface area contributed by atoms with Crippen molar-refractivity contribution < 1.29 is 0 Å². The molecule has 1 nitrogen and oxygen atoms in total. The van der Waals surface area contributed by atoms with Gasteiger partial charge in [-0.1, -0.05) is 51.3 Å². The smallest absolute Gasteiger partial charge is 0.00810 e. The van der Waals surface area contributed by atoms with Gasteiger partial charge in [0, 0.05) is 12.0 Å². The SMILES string of the molecule is CCc1cccc(CC)c1C1(CN)CCCCC1. The molecule has 1 aromatic carbocycles. The number of aryl methyl sites for hydroxylation is 2. The molecular weight excluding hydrogens is 218 g/mol. The van der Waals surface area contributed by atoms with Crippen molar-refractivity contribution in [2.24, 2.45) is 5.73 Å². The third-order valence-electron chi connectivity index (χ3n) is 4.73. The molecule has 2 N–H and O–H groups in total. The van der Waals surface area contributed by atoms with Gasteiger partial charge in [-0.25, -0.2) is 0 Å². The highest BCUT2D eigenvalue weighted by Crippen LogP contribution is 2.42. The van der Waals surface area contributed by atoms with Crippen LogP contribution in [0.2, 0.25) is 0 Å². The molecule has 0 saturated heterocycles. The molecule has 1 fully saturated rings. The van der Waals surface area contributed by atoms with Gasteiger partial charge >= 0.3 is 0 Å². The molecule has 0 aromatic heterocycles. The summed E-state index contributed by atoms with van der Waals surface area (Å²) in [6.45, 7) is 5.35. The van der Waals surface area contributed by atoms with E-state index in [1.807, 2.05) is 0 Å². The molecule has 0 spiro atoms. The van der Waals surface area contributed by atoms with Gasteiger partial charge in [0.2, 0.25) is 0 Å². The quantitative estimate of drug-likeness (QED) is 0.853. The number of rotatable bonds is 4. The van der Waals surface area contributed by atoms with Crippen molar-refractivity contribution >= 4 is 0 Å². The Bertz CT molecular complexity index is 366. The van der Waals surface area contributed by atoms with E-state index in [1.165, 1.54) is 43.2 Å². The Kier molecular flexibility index (Phi) is 4.45. The zero-order valence-corrected chi connectivity index (χ0v) is 12.0. The van der Waals surface area contributed by atoms with Crippen LogP contribution in [0.3, 0.4) is 0 Å². The second kappa shape index (κ2) is 5.88. The van der Waals surface area contributed by atoms with Crippen molar-refractivity contribution in [3.63, 3.8) is 0 Å². The first-order valence-corrected chi connectivity index (χ1v) is 7.58. The summed E-state index contributed by atoms with van der Waals surface area (Å²) in [5.74, 6) is 0. The van der Waals surface area contributed by atoms with Crippen molar-refractivity contribution in [3.05, 3.63) is 34.9 Å². The summed E-state index contributed by atoms with van der Waals surface area (Å²) in [5, 5.41) is 0. The summed E-state index contributed by atoms with van der Waals surface area (Å²) in [6, 6.07) is 6.83. The zero-order valence-electron chi connectivity index (χ0n) is 12.0. The number of nitrogens with two attached hydrogens (primary N) is 1.